The van der Waals surface area contributed by atoms with Crippen LogP contribution in [0.25, 0.3) is 16.6 Å². The first kappa shape index (κ1) is 11.4. The van der Waals surface area contributed by atoms with Gasteiger partial charge in [0, 0.05) is 5.69 Å². The highest BCUT2D eigenvalue weighted by atomic mass is 16.5. The number of nitrogens with one attached hydrogen (secondary N) is 1. The van der Waals surface area contributed by atoms with E-state index in [9.17, 15) is 4.79 Å². The highest BCUT2D eigenvalue weighted by Gasteiger charge is 2.12. The van der Waals surface area contributed by atoms with Crippen molar-refractivity contribution >= 4 is 16.6 Å². The molecule has 1 heterocycles. The zero-order valence-electron chi connectivity index (χ0n) is 10.4. The molecule has 0 amide bonds. The maximum atomic E-state index is 12.0. The first-order valence-corrected chi connectivity index (χ1v) is 5.85. The van der Waals surface area contributed by atoms with Gasteiger partial charge in [0.25, 0.3) is 5.56 Å². The topological polar surface area (TPSA) is 73.0 Å². The first-order chi connectivity index (χ1) is 9.22. The number of rotatable bonds is 2. The summed E-state index contributed by atoms with van der Waals surface area (Å²) in [6.07, 6.45) is 0. The molecule has 96 valence electrons. The number of nitrogens with zero attached hydrogens (tertiary/aromatic N) is 1. The summed E-state index contributed by atoms with van der Waals surface area (Å²) in [7, 11) is 1.59. The Kier molecular flexibility index (Phi) is 2.52. The van der Waals surface area contributed by atoms with E-state index < -0.39 is 0 Å². The molecule has 0 spiro atoms. The third-order valence-electron chi connectivity index (χ3n) is 3.08. The van der Waals surface area contributed by atoms with Crippen LogP contribution in [0, 0.1) is 0 Å². The lowest BCUT2D eigenvalue weighted by molar-refractivity contribution is 0.412. The Balaban J connectivity index is 2.38. The molecule has 0 saturated carbocycles. The number of aromatic nitrogens is 2. The van der Waals surface area contributed by atoms with Crippen molar-refractivity contribution in [3.05, 3.63) is 52.8 Å². The van der Waals surface area contributed by atoms with Crippen LogP contribution >= 0.6 is 0 Å². The number of benzene rings is 2. The van der Waals surface area contributed by atoms with E-state index in [1.54, 1.807) is 17.9 Å². The third-order valence-corrected chi connectivity index (χ3v) is 3.08. The van der Waals surface area contributed by atoms with Crippen LogP contribution in [-0.4, -0.2) is 16.9 Å². The van der Waals surface area contributed by atoms with E-state index >= 15 is 0 Å². The number of H-pyrrole nitrogens is 1. The first-order valence-electron chi connectivity index (χ1n) is 5.85. The van der Waals surface area contributed by atoms with Crippen molar-refractivity contribution in [2.45, 2.75) is 0 Å². The third kappa shape index (κ3) is 1.67. The van der Waals surface area contributed by atoms with Gasteiger partial charge in [0.1, 0.15) is 11.4 Å². The van der Waals surface area contributed by atoms with Crippen LogP contribution in [0.4, 0.5) is 5.69 Å². The Hall–Kier alpha value is -2.69. The van der Waals surface area contributed by atoms with E-state index in [0.717, 1.165) is 11.2 Å². The van der Waals surface area contributed by atoms with Gasteiger partial charge < -0.3 is 10.5 Å². The second-order valence-corrected chi connectivity index (χ2v) is 4.19. The lowest BCUT2D eigenvalue weighted by Crippen LogP contribution is -2.05. The predicted molar refractivity (Wildman–Crippen MR) is 74.9 cm³/mol. The Labute approximate surface area is 109 Å². The van der Waals surface area contributed by atoms with Crippen molar-refractivity contribution in [3.63, 3.8) is 0 Å². The predicted octanol–water partition coefficient (Wildman–Crippen LogP) is 1.91. The molecule has 0 saturated heterocycles. The van der Waals surface area contributed by atoms with E-state index in [1.165, 1.54) is 0 Å². The maximum absolute atomic E-state index is 12.0. The van der Waals surface area contributed by atoms with Gasteiger partial charge in [-0.3, -0.25) is 9.89 Å². The van der Waals surface area contributed by atoms with Crippen LogP contribution in [0.1, 0.15) is 0 Å². The zero-order chi connectivity index (χ0) is 13.4. The molecule has 0 radical (unpaired) electrons. The minimum absolute atomic E-state index is 0.209. The average Bonchev–Trinajstić information content (AvgIpc) is 2.77. The number of ether oxygens (including phenoxy) is 1. The molecular formula is C14H13N3O2. The number of aromatic amines is 1. The molecule has 3 aromatic rings. The van der Waals surface area contributed by atoms with Crippen molar-refractivity contribution in [1.82, 2.24) is 9.78 Å². The van der Waals surface area contributed by atoms with E-state index in [-0.39, 0.29) is 5.56 Å². The van der Waals surface area contributed by atoms with Gasteiger partial charge in [0.15, 0.2) is 0 Å². The van der Waals surface area contributed by atoms with Gasteiger partial charge in [-0.1, -0.05) is 18.2 Å². The Bertz CT molecular complexity index is 802. The molecule has 0 aliphatic rings. The molecule has 0 atom stereocenters. The van der Waals surface area contributed by atoms with E-state index in [0.29, 0.717) is 16.8 Å². The normalized spacial score (nSPS) is 10.8. The lowest BCUT2D eigenvalue weighted by Gasteiger charge is -2.09. The smallest absolute Gasteiger partial charge is 0.274 e. The molecule has 5 heteroatoms. The molecular weight excluding hydrogens is 242 g/mol. The van der Waals surface area contributed by atoms with Crippen molar-refractivity contribution in [1.29, 1.82) is 0 Å². The van der Waals surface area contributed by atoms with E-state index in [2.05, 4.69) is 5.10 Å². The molecule has 0 aliphatic carbocycles. The van der Waals surface area contributed by atoms with Crippen molar-refractivity contribution in [2.24, 2.45) is 0 Å². The minimum Gasteiger partial charge on any atom is -0.494 e. The van der Waals surface area contributed by atoms with Crippen molar-refractivity contribution in [2.75, 3.05) is 12.8 Å². The SMILES string of the molecule is COc1ccccc1-n1[nH]c(=O)c2c(N)cccc21. The number of nitrogen functional groups attached to an aromatic ring is 1. The molecule has 2 aromatic carbocycles. The Morgan fingerprint density at radius 3 is 2.74 bits per heavy atom. The van der Waals surface area contributed by atoms with Gasteiger partial charge in [-0.15, -0.1) is 0 Å². The van der Waals surface area contributed by atoms with Gasteiger partial charge in [-0.2, -0.15) is 0 Å². The number of fused-ring (bicyclic) bond motifs is 1. The molecule has 5 nitrogen and oxygen atoms in total. The van der Waals surface area contributed by atoms with Crippen LogP contribution in [0.2, 0.25) is 0 Å². The summed E-state index contributed by atoms with van der Waals surface area (Å²) in [5.41, 5.74) is 7.61. The quantitative estimate of drug-likeness (QED) is 0.687. The summed E-state index contributed by atoms with van der Waals surface area (Å²) in [4.78, 5) is 12.0. The van der Waals surface area contributed by atoms with Gasteiger partial charge in [-0.05, 0) is 24.3 Å². The fourth-order valence-electron chi connectivity index (χ4n) is 2.21. The van der Waals surface area contributed by atoms with E-state index in [4.69, 9.17) is 10.5 Å². The molecule has 0 fully saturated rings. The van der Waals surface area contributed by atoms with Gasteiger partial charge in [0.05, 0.1) is 18.0 Å². The van der Waals surface area contributed by atoms with Gasteiger partial charge in [0.2, 0.25) is 0 Å². The van der Waals surface area contributed by atoms with Gasteiger partial charge in [-0.25, -0.2) is 4.68 Å². The highest BCUT2D eigenvalue weighted by Crippen LogP contribution is 2.25. The summed E-state index contributed by atoms with van der Waals surface area (Å²) < 4.78 is 7.00. The zero-order valence-corrected chi connectivity index (χ0v) is 10.4. The van der Waals surface area contributed by atoms with Crippen molar-refractivity contribution < 1.29 is 4.74 Å². The number of anilines is 1. The highest BCUT2D eigenvalue weighted by molar-refractivity contribution is 5.91. The average molecular weight is 255 g/mol. The summed E-state index contributed by atoms with van der Waals surface area (Å²) >= 11 is 0. The fourth-order valence-corrected chi connectivity index (χ4v) is 2.21. The summed E-state index contributed by atoms with van der Waals surface area (Å²) in [6.45, 7) is 0. The molecule has 3 N–H and O–H groups in total. The van der Waals surface area contributed by atoms with Crippen LogP contribution in [-0.2, 0) is 0 Å². The number of para-hydroxylation sites is 2. The number of nitrogens with two attached hydrogens (primary N) is 1. The standard InChI is InChI=1S/C14H13N3O2/c1-19-12-8-3-2-6-10(12)17-11-7-4-5-9(15)13(11)14(18)16-17/h2-8H,15H2,1H3,(H,16,18). The minimum atomic E-state index is -0.209. The van der Waals surface area contributed by atoms with E-state index in [1.807, 2.05) is 36.4 Å². The van der Waals surface area contributed by atoms with Crippen molar-refractivity contribution in [3.8, 4) is 11.4 Å². The second kappa shape index (κ2) is 4.20. The summed E-state index contributed by atoms with van der Waals surface area (Å²) in [5, 5.41) is 3.28. The Morgan fingerprint density at radius 1 is 1.16 bits per heavy atom. The molecule has 0 aliphatic heterocycles. The molecule has 1 aromatic heterocycles. The monoisotopic (exact) mass is 255 g/mol. The fraction of sp³-hybridized carbons (Fsp3) is 0.0714. The Morgan fingerprint density at radius 2 is 1.95 bits per heavy atom. The summed E-state index contributed by atoms with van der Waals surface area (Å²) in [6, 6.07) is 12.8. The molecule has 0 unspecified atom stereocenters. The van der Waals surface area contributed by atoms with Gasteiger partial charge >= 0.3 is 0 Å². The van der Waals surface area contributed by atoms with Crippen LogP contribution in [0.15, 0.2) is 47.3 Å². The number of hydrogen-bond acceptors (Lipinski definition) is 3. The largest absolute Gasteiger partial charge is 0.494 e. The lowest BCUT2D eigenvalue weighted by atomic mass is 10.2. The number of methoxy groups -OCH3 is 1. The molecule has 0 bridgehead atoms. The molecule has 3 rings (SSSR count). The van der Waals surface area contributed by atoms with Crippen LogP contribution < -0.4 is 16.0 Å². The second-order valence-electron chi connectivity index (χ2n) is 4.19. The number of hydrogen-bond donors (Lipinski definition) is 2. The maximum Gasteiger partial charge on any atom is 0.274 e. The summed E-state index contributed by atoms with van der Waals surface area (Å²) in [5.74, 6) is 0.679. The van der Waals surface area contributed by atoms with Crippen LogP contribution in [0.5, 0.6) is 5.75 Å². The molecule has 19 heavy (non-hydrogen) atoms. The van der Waals surface area contributed by atoms with Crippen LogP contribution in [0.3, 0.4) is 0 Å².